The van der Waals surface area contributed by atoms with Crippen LogP contribution in [0.5, 0.6) is 0 Å². The predicted octanol–water partition coefficient (Wildman–Crippen LogP) is 2.07. The average molecular weight is 312 g/mol. The first kappa shape index (κ1) is 14.4. The van der Waals surface area contributed by atoms with Crippen LogP contribution in [0, 0.1) is 0 Å². The van der Waals surface area contributed by atoms with E-state index in [1.165, 1.54) is 0 Å². The first-order valence-electron chi connectivity index (χ1n) is 8.20. The highest BCUT2D eigenvalue weighted by atomic mass is 16.5. The first-order chi connectivity index (χ1) is 11.3. The van der Waals surface area contributed by atoms with Gasteiger partial charge in [-0.15, -0.1) is 0 Å². The summed E-state index contributed by atoms with van der Waals surface area (Å²) in [6.07, 6.45) is 4.87. The Bertz CT molecular complexity index is 724. The van der Waals surface area contributed by atoms with Crippen molar-refractivity contribution in [2.24, 2.45) is 0 Å². The Morgan fingerprint density at radius 3 is 2.83 bits per heavy atom. The number of amides is 1. The molecule has 0 atom stereocenters. The van der Waals surface area contributed by atoms with Crippen molar-refractivity contribution >= 4 is 22.6 Å². The molecule has 0 unspecified atom stereocenters. The molecule has 0 radical (unpaired) electrons. The van der Waals surface area contributed by atoms with Crippen LogP contribution in [0.4, 0.5) is 5.82 Å². The fourth-order valence-electron chi connectivity index (χ4n) is 2.95. The molecule has 120 valence electrons. The van der Waals surface area contributed by atoms with Gasteiger partial charge in [-0.3, -0.25) is 4.79 Å². The van der Waals surface area contributed by atoms with Gasteiger partial charge in [-0.25, -0.2) is 9.97 Å². The number of nitrogens with one attached hydrogen (secondary N) is 1. The van der Waals surface area contributed by atoms with Gasteiger partial charge in [-0.05, 0) is 31.4 Å². The highest BCUT2D eigenvalue weighted by Crippen LogP contribution is 2.19. The van der Waals surface area contributed by atoms with Gasteiger partial charge in [0.15, 0.2) is 0 Å². The third kappa shape index (κ3) is 2.99. The first-order valence-corrected chi connectivity index (χ1v) is 8.20. The van der Waals surface area contributed by atoms with Crippen LogP contribution < -0.4 is 5.32 Å². The molecule has 2 saturated heterocycles. The topological polar surface area (TPSA) is 67.3 Å². The summed E-state index contributed by atoms with van der Waals surface area (Å²) >= 11 is 0. The zero-order valence-corrected chi connectivity index (χ0v) is 13.0. The lowest BCUT2D eigenvalue weighted by Gasteiger charge is -2.30. The lowest BCUT2D eigenvalue weighted by molar-refractivity contribution is 0.0646. The minimum atomic E-state index is 0.0221. The molecule has 2 aromatic heterocycles. The number of nitrogens with zero attached hydrogens (tertiary/aromatic N) is 3. The third-order valence-electron chi connectivity index (χ3n) is 4.51. The number of carbonyl (C=O) groups is 1. The molecule has 1 N–H and O–H groups in total. The van der Waals surface area contributed by atoms with Crippen LogP contribution in [0.15, 0.2) is 24.4 Å². The van der Waals surface area contributed by atoms with Crippen molar-refractivity contribution in [2.75, 3.05) is 31.6 Å². The predicted molar refractivity (Wildman–Crippen MR) is 87.5 cm³/mol. The largest absolute Gasteiger partial charge is 0.381 e. The van der Waals surface area contributed by atoms with E-state index in [0.29, 0.717) is 11.7 Å². The van der Waals surface area contributed by atoms with Crippen molar-refractivity contribution in [2.45, 2.75) is 25.3 Å². The molecular formula is C17H20N4O2. The number of ether oxygens (including phenoxy) is 1. The number of aromatic nitrogens is 2. The Morgan fingerprint density at radius 1 is 1.26 bits per heavy atom. The van der Waals surface area contributed by atoms with Gasteiger partial charge in [-0.2, -0.15) is 0 Å². The SMILES string of the molecule is O=C(c1ccc2cnc(NC3CCOCC3)cc2n1)N1CCC1. The molecule has 2 aliphatic heterocycles. The number of likely N-dealkylation sites (tertiary alicyclic amines) is 1. The molecule has 4 rings (SSSR count). The number of fused-ring (bicyclic) bond motifs is 1. The van der Waals surface area contributed by atoms with E-state index >= 15 is 0 Å². The van der Waals surface area contributed by atoms with E-state index in [9.17, 15) is 4.79 Å². The Hall–Kier alpha value is -2.21. The van der Waals surface area contributed by atoms with Crippen molar-refractivity contribution < 1.29 is 9.53 Å². The van der Waals surface area contributed by atoms with Gasteiger partial charge < -0.3 is 15.0 Å². The minimum absolute atomic E-state index is 0.0221. The highest BCUT2D eigenvalue weighted by Gasteiger charge is 2.22. The maximum Gasteiger partial charge on any atom is 0.272 e. The molecule has 0 bridgehead atoms. The molecule has 0 saturated carbocycles. The summed E-state index contributed by atoms with van der Waals surface area (Å²) in [5.41, 5.74) is 1.32. The van der Waals surface area contributed by atoms with E-state index in [0.717, 1.165) is 62.3 Å². The second kappa shape index (κ2) is 6.12. The van der Waals surface area contributed by atoms with Gasteiger partial charge in [0.2, 0.25) is 0 Å². The average Bonchev–Trinajstić information content (AvgIpc) is 2.53. The second-order valence-electron chi connectivity index (χ2n) is 6.14. The van der Waals surface area contributed by atoms with Crippen LogP contribution >= 0.6 is 0 Å². The molecule has 0 aromatic carbocycles. The van der Waals surface area contributed by atoms with Crippen molar-refractivity contribution in [3.05, 3.63) is 30.1 Å². The van der Waals surface area contributed by atoms with E-state index in [-0.39, 0.29) is 5.91 Å². The number of hydrogen-bond acceptors (Lipinski definition) is 5. The quantitative estimate of drug-likeness (QED) is 0.939. The summed E-state index contributed by atoms with van der Waals surface area (Å²) < 4.78 is 5.37. The van der Waals surface area contributed by atoms with Crippen molar-refractivity contribution in [3.63, 3.8) is 0 Å². The summed E-state index contributed by atoms with van der Waals surface area (Å²) in [6, 6.07) is 6.02. The summed E-state index contributed by atoms with van der Waals surface area (Å²) in [5, 5.41) is 4.39. The second-order valence-corrected chi connectivity index (χ2v) is 6.14. The maximum absolute atomic E-state index is 12.3. The summed E-state index contributed by atoms with van der Waals surface area (Å²) in [4.78, 5) is 23.1. The Morgan fingerprint density at radius 2 is 2.09 bits per heavy atom. The van der Waals surface area contributed by atoms with Gasteiger partial charge in [0.1, 0.15) is 11.5 Å². The van der Waals surface area contributed by atoms with E-state index in [2.05, 4.69) is 15.3 Å². The molecule has 2 aromatic rings. The minimum Gasteiger partial charge on any atom is -0.381 e. The van der Waals surface area contributed by atoms with E-state index in [4.69, 9.17) is 4.74 Å². The fourth-order valence-corrected chi connectivity index (χ4v) is 2.95. The normalized spacial score (nSPS) is 18.7. The molecule has 1 amide bonds. The fraction of sp³-hybridized carbons (Fsp3) is 0.471. The molecule has 2 aliphatic rings. The van der Waals surface area contributed by atoms with Gasteiger partial charge in [-0.1, -0.05) is 0 Å². The van der Waals surface area contributed by atoms with Crippen LogP contribution in [0.1, 0.15) is 29.8 Å². The monoisotopic (exact) mass is 312 g/mol. The molecule has 2 fully saturated rings. The third-order valence-corrected chi connectivity index (χ3v) is 4.51. The van der Waals surface area contributed by atoms with Crippen molar-refractivity contribution in [3.8, 4) is 0 Å². The van der Waals surface area contributed by atoms with Gasteiger partial charge in [0.05, 0.1) is 5.52 Å². The highest BCUT2D eigenvalue weighted by molar-refractivity contribution is 5.95. The molecule has 4 heterocycles. The lowest BCUT2D eigenvalue weighted by atomic mass is 10.1. The smallest absolute Gasteiger partial charge is 0.272 e. The number of anilines is 1. The van der Waals surface area contributed by atoms with Crippen molar-refractivity contribution in [1.82, 2.24) is 14.9 Å². The van der Waals surface area contributed by atoms with Gasteiger partial charge in [0, 0.05) is 50.0 Å². The van der Waals surface area contributed by atoms with Crippen LogP contribution in [0.25, 0.3) is 10.9 Å². The number of hydrogen-bond donors (Lipinski definition) is 1. The molecule has 6 heteroatoms. The van der Waals surface area contributed by atoms with Crippen molar-refractivity contribution in [1.29, 1.82) is 0 Å². The van der Waals surface area contributed by atoms with E-state index < -0.39 is 0 Å². The molecular weight excluding hydrogens is 292 g/mol. The number of rotatable bonds is 3. The summed E-state index contributed by atoms with van der Waals surface area (Å²) in [6.45, 7) is 3.26. The zero-order chi connectivity index (χ0) is 15.6. The molecule has 23 heavy (non-hydrogen) atoms. The lowest BCUT2D eigenvalue weighted by Crippen LogP contribution is -2.42. The van der Waals surface area contributed by atoms with E-state index in [1.807, 2.05) is 23.2 Å². The van der Waals surface area contributed by atoms with Crippen LogP contribution in [-0.2, 0) is 4.74 Å². The Kier molecular flexibility index (Phi) is 3.83. The van der Waals surface area contributed by atoms with E-state index in [1.54, 1.807) is 6.07 Å². The maximum atomic E-state index is 12.3. The summed E-state index contributed by atoms with van der Waals surface area (Å²) in [5.74, 6) is 0.833. The Labute approximate surface area is 134 Å². The van der Waals surface area contributed by atoms with Gasteiger partial charge >= 0.3 is 0 Å². The summed E-state index contributed by atoms with van der Waals surface area (Å²) in [7, 11) is 0. The molecule has 6 nitrogen and oxygen atoms in total. The van der Waals surface area contributed by atoms with Crippen LogP contribution in [0.2, 0.25) is 0 Å². The molecule has 0 aliphatic carbocycles. The number of carbonyl (C=O) groups excluding carboxylic acids is 1. The number of pyridine rings is 2. The Balaban J connectivity index is 1.57. The van der Waals surface area contributed by atoms with Gasteiger partial charge in [0.25, 0.3) is 5.91 Å². The van der Waals surface area contributed by atoms with Crippen LogP contribution in [-0.4, -0.2) is 53.1 Å². The standard InChI is InChI=1S/C17H20N4O2/c22-17(21-6-1-7-21)14-3-2-12-11-18-16(10-15(12)20-14)19-13-4-8-23-9-5-13/h2-3,10-11,13H,1,4-9H2,(H,18,19). The molecule has 0 spiro atoms. The zero-order valence-electron chi connectivity index (χ0n) is 13.0. The van der Waals surface area contributed by atoms with Crippen LogP contribution in [0.3, 0.4) is 0 Å².